The molecular formula is C19H34O2Si. The highest BCUT2D eigenvalue weighted by molar-refractivity contribution is 6.74. The maximum Gasteiger partial charge on any atom is 0.192 e. The van der Waals surface area contributed by atoms with E-state index in [2.05, 4.69) is 53.8 Å². The number of rotatable bonds is 3. The van der Waals surface area contributed by atoms with Crippen LogP contribution < -0.4 is 0 Å². The molecule has 2 aliphatic carbocycles. The predicted molar refractivity (Wildman–Crippen MR) is 95.4 cm³/mol. The van der Waals surface area contributed by atoms with Crippen LogP contribution in [-0.4, -0.2) is 20.7 Å². The standard InChI is InChI=1S/C19H34O2Si/c1-14-17(21-22(6,7)18(2,3)4)12-15-10-8-9-11-16(15)19(14,5)13-20/h12-14,16-17H,8-11H2,1-7H3/t14-,16-,17-,19-/m1/s1. The fraction of sp³-hybridized carbons (Fsp3) is 0.842. The number of allylic oxidation sites excluding steroid dienone is 1. The van der Waals surface area contributed by atoms with Crippen LogP contribution in [0.4, 0.5) is 0 Å². The molecule has 0 aliphatic heterocycles. The van der Waals surface area contributed by atoms with Gasteiger partial charge in [-0.15, -0.1) is 0 Å². The molecule has 4 atom stereocenters. The van der Waals surface area contributed by atoms with E-state index in [4.69, 9.17) is 4.43 Å². The largest absolute Gasteiger partial charge is 0.410 e. The molecule has 126 valence electrons. The van der Waals surface area contributed by atoms with E-state index in [0.29, 0.717) is 5.92 Å². The maximum atomic E-state index is 12.0. The highest BCUT2D eigenvalue weighted by Crippen LogP contribution is 2.51. The van der Waals surface area contributed by atoms with Crippen LogP contribution in [-0.2, 0) is 9.22 Å². The second-order valence-corrected chi connectivity index (χ2v) is 13.9. The first kappa shape index (κ1) is 17.9. The van der Waals surface area contributed by atoms with Gasteiger partial charge in [0.1, 0.15) is 6.29 Å². The first-order valence-corrected chi connectivity index (χ1v) is 11.8. The van der Waals surface area contributed by atoms with Crippen LogP contribution in [0.5, 0.6) is 0 Å². The van der Waals surface area contributed by atoms with Crippen molar-refractivity contribution in [2.24, 2.45) is 17.3 Å². The van der Waals surface area contributed by atoms with E-state index in [1.165, 1.54) is 24.7 Å². The molecule has 2 rings (SSSR count). The highest BCUT2D eigenvalue weighted by atomic mass is 28.4. The Kier molecular flexibility index (Phi) is 4.81. The molecule has 0 aromatic heterocycles. The Labute approximate surface area is 137 Å². The summed E-state index contributed by atoms with van der Waals surface area (Å²) in [4.78, 5) is 12.0. The van der Waals surface area contributed by atoms with Crippen LogP contribution >= 0.6 is 0 Å². The van der Waals surface area contributed by atoms with Crippen LogP contribution in [0.1, 0.15) is 60.3 Å². The van der Waals surface area contributed by atoms with Gasteiger partial charge < -0.3 is 9.22 Å². The predicted octanol–water partition coefficient (Wildman–Crippen LogP) is 5.35. The van der Waals surface area contributed by atoms with Crippen molar-refractivity contribution in [2.45, 2.75) is 84.5 Å². The molecule has 2 nitrogen and oxygen atoms in total. The molecule has 0 N–H and O–H groups in total. The Morgan fingerprint density at radius 3 is 2.50 bits per heavy atom. The van der Waals surface area contributed by atoms with Gasteiger partial charge in [0.15, 0.2) is 8.32 Å². The van der Waals surface area contributed by atoms with Gasteiger partial charge in [0.2, 0.25) is 0 Å². The minimum Gasteiger partial charge on any atom is -0.410 e. The van der Waals surface area contributed by atoms with Crippen molar-refractivity contribution in [2.75, 3.05) is 0 Å². The highest BCUT2D eigenvalue weighted by Gasteiger charge is 2.50. The fourth-order valence-corrected chi connectivity index (χ4v) is 5.12. The molecule has 0 aromatic rings. The van der Waals surface area contributed by atoms with Crippen molar-refractivity contribution in [1.29, 1.82) is 0 Å². The van der Waals surface area contributed by atoms with Crippen LogP contribution in [0, 0.1) is 17.3 Å². The van der Waals surface area contributed by atoms with E-state index in [9.17, 15) is 4.79 Å². The molecule has 0 bridgehead atoms. The third-order valence-corrected chi connectivity index (χ3v) is 11.2. The zero-order valence-corrected chi connectivity index (χ0v) is 16.5. The van der Waals surface area contributed by atoms with E-state index in [-0.39, 0.29) is 22.5 Å². The molecule has 22 heavy (non-hydrogen) atoms. The normalized spacial score (nSPS) is 36.5. The average molecular weight is 323 g/mol. The molecule has 3 heteroatoms. The van der Waals surface area contributed by atoms with Gasteiger partial charge in [-0.1, -0.05) is 52.7 Å². The first-order valence-electron chi connectivity index (χ1n) is 8.87. The van der Waals surface area contributed by atoms with E-state index in [0.717, 1.165) is 12.8 Å². The summed E-state index contributed by atoms with van der Waals surface area (Å²) in [5, 5.41) is 0.201. The molecule has 0 unspecified atom stereocenters. The van der Waals surface area contributed by atoms with Crippen molar-refractivity contribution in [3.05, 3.63) is 11.6 Å². The van der Waals surface area contributed by atoms with Gasteiger partial charge in [0, 0.05) is 5.41 Å². The van der Waals surface area contributed by atoms with E-state index < -0.39 is 8.32 Å². The summed E-state index contributed by atoms with van der Waals surface area (Å²) >= 11 is 0. The average Bonchev–Trinajstić information content (AvgIpc) is 2.43. The van der Waals surface area contributed by atoms with Gasteiger partial charge in [-0.2, -0.15) is 0 Å². The van der Waals surface area contributed by atoms with Crippen molar-refractivity contribution in [3.63, 3.8) is 0 Å². The lowest BCUT2D eigenvalue weighted by molar-refractivity contribution is -0.124. The summed E-state index contributed by atoms with van der Waals surface area (Å²) in [5.41, 5.74) is 1.22. The molecule has 1 fully saturated rings. The van der Waals surface area contributed by atoms with Gasteiger partial charge >= 0.3 is 0 Å². The number of hydrogen-bond donors (Lipinski definition) is 0. The number of aldehydes is 1. The molecule has 0 spiro atoms. The number of carbonyl (C=O) groups is 1. The zero-order valence-electron chi connectivity index (χ0n) is 15.5. The molecule has 0 heterocycles. The first-order chi connectivity index (χ1) is 10.0. The van der Waals surface area contributed by atoms with Gasteiger partial charge in [-0.05, 0) is 49.2 Å². The van der Waals surface area contributed by atoms with Crippen LogP contribution in [0.3, 0.4) is 0 Å². The Bertz CT molecular complexity index is 461. The number of carbonyl (C=O) groups excluding carboxylic acids is 1. The molecule has 0 amide bonds. The smallest absolute Gasteiger partial charge is 0.192 e. The van der Waals surface area contributed by atoms with Crippen molar-refractivity contribution in [1.82, 2.24) is 0 Å². The molecule has 0 aromatic carbocycles. The van der Waals surface area contributed by atoms with Crippen molar-refractivity contribution >= 4 is 14.6 Å². The summed E-state index contributed by atoms with van der Waals surface area (Å²) < 4.78 is 6.71. The second-order valence-electron chi connectivity index (χ2n) is 9.16. The Balaban J connectivity index is 2.34. The molecular weight excluding hydrogens is 288 g/mol. The molecule has 0 saturated heterocycles. The van der Waals surface area contributed by atoms with Crippen LogP contribution in [0.15, 0.2) is 11.6 Å². The van der Waals surface area contributed by atoms with Gasteiger partial charge in [0.25, 0.3) is 0 Å². The van der Waals surface area contributed by atoms with Gasteiger partial charge in [0.05, 0.1) is 6.10 Å². The lowest BCUT2D eigenvalue weighted by atomic mass is 9.58. The van der Waals surface area contributed by atoms with E-state index >= 15 is 0 Å². The quantitative estimate of drug-likeness (QED) is 0.398. The third-order valence-electron chi connectivity index (χ3n) is 6.75. The Hall–Kier alpha value is -0.413. The summed E-state index contributed by atoms with van der Waals surface area (Å²) in [6.07, 6.45) is 8.55. The van der Waals surface area contributed by atoms with Crippen molar-refractivity contribution in [3.8, 4) is 0 Å². The maximum absolute atomic E-state index is 12.0. The summed E-state index contributed by atoms with van der Waals surface area (Å²) in [6, 6.07) is 0. The number of fused-ring (bicyclic) bond motifs is 1. The number of hydrogen-bond acceptors (Lipinski definition) is 2. The summed E-state index contributed by atoms with van der Waals surface area (Å²) in [5.74, 6) is 0.694. The lowest BCUT2D eigenvalue weighted by Gasteiger charge is -2.50. The fourth-order valence-electron chi connectivity index (χ4n) is 3.82. The minimum atomic E-state index is -1.83. The Morgan fingerprint density at radius 2 is 1.95 bits per heavy atom. The summed E-state index contributed by atoms with van der Waals surface area (Å²) in [7, 11) is -1.83. The topological polar surface area (TPSA) is 26.3 Å². The summed E-state index contributed by atoms with van der Waals surface area (Å²) in [6.45, 7) is 15.8. The second kappa shape index (κ2) is 5.90. The minimum absolute atomic E-state index is 0.0976. The zero-order chi connectivity index (χ0) is 16.8. The van der Waals surface area contributed by atoms with E-state index in [1.807, 2.05) is 0 Å². The molecule has 2 aliphatic rings. The third kappa shape index (κ3) is 2.99. The van der Waals surface area contributed by atoms with Crippen LogP contribution in [0.25, 0.3) is 0 Å². The molecule has 1 saturated carbocycles. The van der Waals surface area contributed by atoms with Crippen LogP contribution in [0.2, 0.25) is 18.1 Å². The monoisotopic (exact) mass is 322 g/mol. The van der Waals surface area contributed by atoms with Gasteiger partial charge in [-0.3, -0.25) is 0 Å². The lowest BCUT2D eigenvalue weighted by Crippen LogP contribution is -2.52. The van der Waals surface area contributed by atoms with E-state index in [1.54, 1.807) is 0 Å². The van der Waals surface area contributed by atoms with Gasteiger partial charge in [-0.25, -0.2) is 0 Å². The SMILES string of the molecule is C[C@@H]1[C@H](O[Si](C)(C)C(C)(C)C)C=C2CCCC[C@H]2[C@]1(C)C=O. The Morgan fingerprint density at radius 1 is 1.32 bits per heavy atom. The van der Waals surface area contributed by atoms with Crippen molar-refractivity contribution < 1.29 is 9.22 Å². The molecule has 0 radical (unpaired) electrons.